The molecule has 0 heterocycles. The molecule has 1 N–H and O–H groups in total. The third-order valence-corrected chi connectivity index (χ3v) is 3.52. The zero-order valence-corrected chi connectivity index (χ0v) is 14.4. The Morgan fingerprint density at radius 1 is 1.04 bits per heavy atom. The number of carbonyl (C=O) groups excluding carboxylic acids is 2. The SMILES string of the molecule is CCOC(=O)c1cccc(OCC(=O)NCCCc2ccccc2)c1. The summed E-state index contributed by atoms with van der Waals surface area (Å²) in [6.07, 6.45) is 1.79. The maximum Gasteiger partial charge on any atom is 0.338 e. The molecule has 132 valence electrons. The molecule has 2 rings (SSSR count). The van der Waals surface area contributed by atoms with E-state index in [9.17, 15) is 9.59 Å². The van der Waals surface area contributed by atoms with Crippen LogP contribution in [-0.4, -0.2) is 31.6 Å². The average molecular weight is 341 g/mol. The second-order valence-corrected chi connectivity index (χ2v) is 5.48. The smallest absolute Gasteiger partial charge is 0.338 e. The highest BCUT2D eigenvalue weighted by molar-refractivity contribution is 5.89. The van der Waals surface area contributed by atoms with Crippen LogP contribution in [0.2, 0.25) is 0 Å². The average Bonchev–Trinajstić information content (AvgIpc) is 2.65. The highest BCUT2D eigenvalue weighted by atomic mass is 16.5. The molecule has 0 atom stereocenters. The van der Waals surface area contributed by atoms with Crippen LogP contribution in [0, 0.1) is 0 Å². The van der Waals surface area contributed by atoms with Gasteiger partial charge in [0.05, 0.1) is 12.2 Å². The fraction of sp³-hybridized carbons (Fsp3) is 0.300. The van der Waals surface area contributed by atoms with Gasteiger partial charge in [0.2, 0.25) is 0 Å². The standard InChI is InChI=1S/C20H23NO4/c1-2-24-20(23)17-11-6-12-18(14-17)25-15-19(22)21-13-7-10-16-8-4-3-5-9-16/h3-6,8-9,11-12,14H,2,7,10,13,15H2,1H3,(H,21,22). The van der Waals surface area contributed by atoms with E-state index in [-0.39, 0.29) is 12.5 Å². The number of nitrogens with one attached hydrogen (secondary N) is 1. The minimum Gasteiger partial charge on any atom is -0.484 e. The molecule has 2 aromatic carbocycles. The monoisotopic (exact) mass is 341 g/mol. The number of aryl methyl sites for hydroxylation is 1. The Bertz CT molecular complexity index is 685. The zero-order chi connectivity index (χ0) is 17.9. The molecule has 0 aromatic heterocycles. The van der Waals surface area contributed by atoms with E-state index in [0.717, 1.165) is 12.8 Å². The minimum absolute atomic E-state index is 0.0857. The van der Waals surface area contributed by atoms with Gasteiger partial charge in [-0.1, -0.05) is 36.4 Å². The third kappa shape index (κ3) is 6.67. The molecule has 0 aliphatic heterocycles. The summed E-state index contributed by atoms with van der Waals surface area (Å²) in [5, 5.41) is 2.83. The van der Waals surface area contributed by atoms with Crippen LogP contribution in [0.1, 0.15) is 29.3 Å². The van der Waals surface area contributed by atoms with E-state index in [1.54, 1.807) is 31.2 Å². The number of rotatable bonds is 9. The summed E-state index contributed by atoms with van der Waals surface area (Å²) in [5.74, 6) is -0.127. The Hall–Kier alpha value is -2.82. The van der Waals surface area contributed by atoms with Gasteiger partial charge in [-0.3, -0.25) is 4.79 Å². The van der Waals surface area contributed by atoms with Crippen molar-refractivity contribution >= 4 is 11.9 Å². The van der Waals surface area contributed by atoms with E-state index in [0.29, 0.717) is 24.5 Å². The summed E-state index contributed by atoms with van der Waals surface area (Å²) in [6, 6.07) is 16.8. The molecule has 0 aliphatic carbocycles. The molecule has 2 aromatic rings. The first kappa shape index (κ1) is 18.5. The lowest BCUT2D eigenvalue weighted by Gasteiger charge is -2.09. The van der Waals surface area contributed by atoms with Crippen molar-refractivity contribution in [2.24, 2.45) is 0 Å². The van der Waals surface area contributed by atoms with E-state index in [1.807, 2.05) is 18.2 Å². The van der Waals surface area contributed by atoms with Crippen LogP contribution in [0.4, 0.5) is 0 Å². The maximum atomic E-state index is 11.8. The van der Waals surface area contributed by atoms with Crippen LogP contribution in [-0.2, 0) is 16.0 Å². The lowest BCUT2D eigenvalue weighted by Crippen LogP contribution is -2.29. The van der Waals surface area contributed by atoms with Crippen molar-refractivity contribution in [2.75, 3.05) is 19.8 Å². The van der Waals surface area contributed by atoms with E-state index in [1.165, 1.54) is 5.56 Å². The maximum absolute atomic E-state index is 11.8. The van der Waals surface area contributed by atoms with Gasteiger partial charge < -0.3 is 14.8 Å². The molecule has 0 spiro atoms. The van der Waals surface area contributed by atoms with Crippen LogP contribution >= 0.6 is 0 Å². The van der Waals surface area contributed by atoms with Crippen LogP contribution in [0.5, 0.6) is 5.75 Å². The fourth-order valence-electron chi connectivity index (χ4n) is 2.29. The predicted molar refractivity (Wildman–Crippen MR) is 95.7 cm³/mol. The molecule has 0 saturated carbocycles. The normalized spacial score (nSPS) is 10.1. The second-order valence-electron chi connectivity index (χ2n) is 5.48. The van der Waals surface area contributed by atoms with Crippen molar-refractivity contribution in [3.8, 4) is 5.75 Å². The first-order valence-corrected chi connectivity index (χ1v) is 8.39. The Kier molecular flexibility index (Phi) is 7.50. The topological polar surface area (TPSA) is 64.6 Å². The Balaban J connectivity index is 1.69. The third-order valence-electron chi connectivity index (χ3n) is 3.52. The van der Waals surface area contributed by atoms with Crippen LogP contribution < -0.4 is 10.1 Å². The van der Waals surface area contributed by atoms with Crippen LogP contribution in [0.3, 0.4) is 0 Å². The summed E-state index contributed by atoms with van der Waals surface area (Å²) in [4.78, 5) is 23.5. The number of ether oxygens (including phenoxy) is 2. The summed E-state index contributed by atoms with van der Waals surface area (Å²) in [7, 11) is 0. The van der Waals surface area contributed by atoms with Gasteiger partial charge in [-0.05, 0) is 43.5 Å². The minimum atomic E-state index is -0.404. The van der Waals surface area contributed by atoms with Crippen LogP contribution in [0.25, 0.3) is 0 Å². The zero-order valence-electron chi connectivity index (χ0n) is 14.4. The fourth-order valence-corrected chi connectivity index (χ4v) is 2.29. The number of esters is 1. The predicted octanol–water partition coefficient (Wildman–Crippen LogP) is 2.99. The lowest BCUT2D eigenvalue weighted by atomic mass is 10.1. The molecular weight excluding hydrogens is 318 g/mol. The lowest BCUT2D eigenvalue weighted by molar-refractivity contribution is -0.123. The Morgan fingerprint density at radius 2 is 1.84 bits per heavy atom. The largest absolute Gasteiger partial charge is 0.484 e. The Morgan fingerprint density at radius 3 is 2.60 bits per heavy atom. The van der Waals surface area contributed by atoms with Gasteiger partial charge in [0.1, 0.15) is 5.75 Å². The molecule has 0 unspecified atom stereocenters. The second kappa shape index (κ2) is 10.1. The molecule has 0 aliphatic rings. The number of benzene rings is 2. The summed E-state index contributed by atoms with van der Waals surface area (Å²) in [5.41, 5.74) is 1.66. The van der Waals surface area contributed by atoms with Crippen molar-refractivity contribution in [1.29, 1.82) is 0 Å². The van der Waals surface area contributed by atoms with Crippen molar-refractivity contribution in [1.82, 2.24) is 5.32 Å². The summed E-state index contributed by atoms with van der Waals surface area (Å²) < 4.78 is 10.4. The first-order valence-electron chi connectivity index (χ1n) is 8.39. The molecule has 25 heavy (non-hydrogen) atoms. The van der Waals surface area contributed by atoms with Gasteiger partial charge in [0.15, 0.2) is 6.61 Å². The molecule has 1 amide bonds. The first-order chi connectivity index (χ1) is 12.2. The van der Waals surface area contributed by atoms with E-state index < -0.39 is 5.97 Å². The van der Waals surface area contributed by atoms with Gasteiger partial charge in [-0.2, -0.15) is 0 Å². The van der Waals surface area contributed by atoms with E-state index >= 15 is 0 Å². The van der Waals surface area contributed by atoms with Crippen molar-refractivity contribution in [2.45, 2.75) is 19.8 Å². The van der Waals surface area contributed by atoms with Gasteiger partial charge >= 0.3 is 5.97 Å². The summed E-state index contributed by atoms with van der Waals surface area (Å²) >= 11 is 0. The van der Waals surface area contributed by atoms with Gasteiger partial charge in [0, 0.05) is 6.54 Å². The summed E-state index contributed by atoms with van der Waals surface area (Å²) in [6.45, 7) is 2.58. The Labute approximate surface area is 148 Å². The number of hydrogen-bond acceptors (Lipinski definition) is 4. The highest BCUT2D eigenvalue weighted by Crippen LogP contribution is 2.14. The van der Waals surface area contributed by atoms with Gasteiger partial charge in [-0.25, -0.2) is 4.79 Å². The molecule has 0 bridgehead atoms. The van der Waals surface area contributed by atoms with Gasteiger partial charge in [-0.15, -0.1) is 0 Å². The van der Waals surface area contributed by atoms with E-state index in [2.05, 4.69) is 17.4 Å². The number of carbonyl (C=O) groups is 2. The quantitative estimate of drug-likeness (QED) is 0.562. The molecule has 0 saturated heterocycles. The number of hydrogen-bond donors (Lipinski definition) is 1. The molecule has 0 radical (unpaired) electrons. The van der Waals surface area contributed by atoms with E-state index in [4.69, 9.17) is 9.47 Å². The molecular formula is C20H23NO4. The van der Waals surface area contributed by atoms with Crippen molar-refractivity contribution < 1.29 is 19.1 Å². The molecule has 0 fully saturated rings. The van der Waals surface area contributed by atoms with Crippen molar-refractivity contribution in [3.63, 3.8) is 0 Å². The van der Waals surface area contributed by atoms with Crippen molar-refractivity contribution in [3.05, 3.63) is 65.7 Å². The molecule has 5 heteroatoms. The number of amides is 1. The molecule has 5 nitrogen and oxygen atoms in total. The van der Waals surface area contributed by atoms with Gasteiger partial charge in [0.25, 0.3) is 5.91 Å². The highest BCUT2D eigenvalue weighted by Gasteiger charge is 2.08. The van der Waals surface area contributed by atoms with Crippen LogP contribution in [0.15, 0.2) is 54.6 Å².